The van der Waals surface area contributed by atoms with Gasteiger partial charge in [-0.1, -0.05) is 11.6 Å². The van der Waals surface area contributed by atoms with Crippen molar-refractivity contribution in [2.24, 2.45) is 5.92 Å². The second-order valence-electron chi connectivity index (χ2n) is 7.27. The van der Waals surface area contributed by atoms with E-state index in [1.54, 1.807) is 23.1 Å². The van der Waals surface area contributed by atoms with E-state index in [-0.39, 0.29) is 49.5 Å². The van der Waals surface area contributed by atoms with Gasteiger partial charge in [-0.05, 0) is 48.4 Å². The van der Waals surface area contributed by atoms with Crippen LogP contribution in [0.1, 0.15) is 5.56 Å². The molecule has 10 heteroatoms. The SMILES string of the molecule is O=C(C1COc2ccc(Cl)cc2C1)N1CCN(S(=O)(=O)c2ccc(F)c(F)c2)CC1. The quantitative estimate of drug-likeness (QED) is 0.712. The number of carbonyl (C=O) groups excluding carboxylic acids is 1. The molecule has 2 aliphatic heterocycles. The molecule has 1 unspecified atom stereocenters. The van der Waals surface area contributed by atoms with E-state index in [2.05, 4.69) is 0 Å². The third kappa shape index (κ3) is 4.01. The van der Waals surface area contributed by atoms with Gasteiger partial charge in [0.25, 0.3) is 0 Å². The number of benzene rings is 2. The van der Waals surface area contributed by atoms with Gasteiger partial charge in [0.15, 0.2) is 11.6 Å². The lowest BCUT2D eigenvalue weighted by molar-refractivity contribution is -0.138. The second-order valence-corrected chi connectivity index (χ2v) is 9.64. The molecular formula is C20H19ClF2N2O4S. The van der Waals surface area contributed by atoms with Gasteiger partial charge in [-0.2, -0.15) is 4.31 Å². The van der Waals surface area contributed by atoms with Gasteiger partial charge in [0.2, 0.25) is 15.9 Å². The van der Waals surface area contributed by atoms with Crippen LogP contribution in [0.15, 0.2) is 41.3 Å². The van der Waals surface area contributed by atoms with Crippen LogP contribution in [-0.4, -0.2) is 56.3 Å². The van der Waals surface area contributed by atoms with E-state index in [0.29, 0.717) is 23.3 Å². The molecule has 2 aliphatic rings. The lowest BCUT2D eigenvalue weighted by atomic mass is 9.95. The Labute approximate surface area is 178 Å². The van der Waals surface area contributed by atoms with E-state index in [9.17, 15) is 22.0 Å². The summed E-state index contributed by atoms with van der Waals surface area (Å²) in [6.45, 7) is 0.814. The molecule has 0 N–H and O–H groups in total. The summed E-state index contributed by atoms with van der Waals surface area (Å²) in [6, 6.07) is 7.78. The molecule has 1 saturated heterocycles. The molecule has 6 nitrogen and oxygen atoms in total. The van der Waals surface area contributed by atoms with Crippen molar-refractivity contribution in [3.05, 3.63) is 58.6 Å². The Balaban J connectivity index is 1.40. The standard InChI is InChI=1S/C20H19ClF2N2O4S/c21-15-1-4-19-13(10-15)9-14(12-29-19)20(26)24-5-7-25(8-6-24)30(27,28)16-2-3-17(22)18(23)11-16/h1-4,10-11,14H,5-9,12H2. The normalized spacial score (nSPS) is 19.8. The Morgan fingerprint density at radius 3 is 2.47 bits per heavy atom. The predicted octanol–water partition coefficient (Wildman–Crippen LogP) is 2.70. The van der Waals surface area contributed by atoms with Crippen molar-refractivity contribution < 1.29 is 26.7 Å². The Bertz CT molecular complexity index is 1090. The van der Waals surface area contributed by atoms with Crippen LogP contribution in [-0.2, 0) is 21.2 Å². The highest BCUT2D eigenvalue weighted by molar-refractivity contribution is 7.89. The molecule has 0 saturated carbocycles. The minimum atomic E-state index is -3.97. The van der Waals surface area contributed by atoms with Gasteiger partial charge in [-0.25, -0.2) is 17.2 Å². The van der Waals surface area contributed by atoms with Crippen LogP contribution >= 0.6 is 11.6 Å². The predicted molar refractivity (Wildman–Crippen MR) is 106 cm³/mol. The maximum Gasteiger partial charge on any atom is 0.243 e. The van der Waals surface area contributed by atoms with Crippen LogP contribution < -0.4 is 4.74 Å². The lowest BCUT2D eigenvalue weighted by Gasteiger charge is -2.36. The summed E-state index contributed by atoms with van der Waals surface area (Å²) < 4.78 is 58.8. The van der Waals surface area contributed by atoms with E-state index >= 15 is 0 Å². The van der Waals surface area contributed by atoms with Crippen molar-refractivity contribution in [1.82, 2.24) is 9.21 Å². The van der Waals surface area contributed by atoms with Crippen LogP contribution in [0.25, 0.3) is 0 Å². The third-order valence-corrected chi connectivity index (χ3v) is 7.49. The molecule has 1 fully saturated rings. The number of hydrogen-bond donors (Lipinski definition) is 0. The van der Waals surface area contributed by atoms with Crippen molar-refractivity contribution >= 4 is 27.5 Å². The number of halogens is 3. The van der Waals surface area contributed by atoms with E-state index in [1.807, 2.05) is 0 Å². The van der Waals surface area contributed by atoms with Gasteiger partial charge in [0, 0.05) is 31.2 Å². The van der Waals surface area contributed by atoms with Gasteiger partial charge >= 0.3 is 0 Å². The molecule has 2 aromatic rings. The largest absolute Gasteiger partial charge is 0.492 e. The molecule has 0 bridgehead atoms. The van der Waals surface area contributed by atoms with Gasteiger partial charge in [0.05, 0.1) is 10.8 Å². The minimum absolute atomic E-state index is 0.0725. The summed E-state index contributed by atoms with van der Waals surface area (Å²) in [7, 11) is -3.97. The molecular weight excluding hydrogens is 438 g/mol. The Hall–Kier alpha value is -2.23. The Morgan fingerprint density at radius 1 is 1.03 bits per heavy atom. The van der Waals surface area contributed by atoms with Gasteiger partial charge in [-0.3, -0.25) is 4.79 Å². The summed E-state index contributed by atoms with van der Waals surface area (Å²) in [5, 5.41) is 0.571. The average molecular weight is 457 g/mol. The summed E-state index contributed by atoms with van der Waals surface area (Å²) in [5.41, 5.74) is 0.867. The molecule has 0 radical (unpaired) electrons. The molecule has 0 aliphatic carbocycles. The number of ether oxygens (including phenoxy) is 1. The number of amides is 1. The number of nitrogens with zero attached hydrogens (tertiary/aromatic N) is 2. The Morgan fingerprint density at radius 2 is 1.77 bits per heavy atom. The molecule has 2 aromatic carbocycles. The molecule has 1 amide bonds. The highest BCUT2D eigenvalue weighted by atomic mass is 35.5. The summed E-state index contributed by atoms with van der Waals surface area (Å²) >= 11 is 6.02. The number of fused-ring (bicyclic) bond motifs is 1. The first-order valence-electron chi connectivity index (χ1n) is 9.41. The zero-order chi connectivity index (χ0) is 21.5. The zero-order valence-electron chi connectivity index (χ0n) is 15.9. The first-order chi connectivity index (χ1) is 14.3. The van der Waals surface area contributed by atoms with Crippen LogP contribution in [0.4, 0.5) is 8.78 Å². The third-order valence-electron chi connectivity index (χ3n) is 5.36. The van der Waals surface area contributed by atoms with Crippen molar-refractivity contribution in [2.75, 3.05) is 32.8 Å². The van der Waals surface area contributed by atoms with Gasteiger partial charge in [0.1, 0.15) is 12.4 Å². The smallest absolute Gasteiger partial charge is 0.243 e. The van der Waals surface area contributed by atoms with E-state index in [1.165, 1.54) is 4.31 Å². The summed E-state index contributed by atoms with van der Waals surface area (Å²) in [4.78, 5) is 14.2. The minimum Gasteiger partial charge on any atom is -0.492 e. The van der Waals surface area contributed by atoms with Crippen molar-refractivity contribution in [2.45, 2.75) is 11.3 Å². The number of piperazine rings is 1. The first-order valence-corrected chi connectivity index (χ1v) is 11.2. The fourth-order valence-corrected chi connectivity index (χ4v) is 5.34. The molecule has 2 heterocycles. The zero-order valence-corrected chi connectivity index (χ0v) is 17.4. The number of carbonyl (C=O) groups is 1. The fraction of sp³-hybridized carbons (Fsp3) is 0.350. The van der Waals surface area contributed by atoms with Crippen LogP contribution in [0.2, 0.25) is 5.02 Å². The van der Waals surface area contributed by atoms with Crippen molar-refractivity contribution in [3.63, 3.8) is 0 Å². The number of sulfonamides is 1. The van der Waals surface area contributed by atoms with Crippen LogP contribution in [0, 0.1) is 17.6 Å². The van der Waals surface area contributed by atoms with E-state index < -0.39 is 21.7 Å². The van der Waals surface area contributed by atoms with E-state index in [4.69, 9.17) is 16.3 Å². The van der Waals surface area contributed by atoms with Gasteiger partial charge < -0.3 is 9.64 Å². The fourth-order valence-electron chi connectivity index (χ4n) is 3.72. The van der Waals surface area contributed by atoms with E-state index in [0.717, 1.165) is 17.7 Å². The van der Waals surface area contributed by atoms with Crippen LogP contribution in [0.3, 0.4) is 0 Å². The molecule has 1 atom stereocenters. The average Bonchev–Trinajstić information content (AvgIpc) is 2.74. The molecule has 30 heavy (non-hydrogen) atoms. The maximum absolute atomic E-state index is 13.5. The second kappa shape index (κ2) is 8.13. The van der Waals surface area contributed by atoms with Crippen molar-refractivity contribution in [3.8, 4) is 5.75 Å². The maximum atomic E-state index is 13.5. The lowest BCUT2D eigenvalue weighted by Crippen LogP contribution is -2.52. The molecule has 0 aromatic heterocycles. The first kappa shape index (κ1) is 21.0. The van der Waals surface area contributed by atoms with Gasteiger partial charge in [-0.15, -0.1) is 0 Å². The number of rotatable bonds is 3. The van der Waals surface area contributed by atoms with Crippen molar-refractivity contribution in [1.29, 1.82) is 0 Å². The molecule has 160 valence electrons. The summed E-state index contributed by atoms with van der Waals surface area (Å²) in [6.07, 6.45) is 0.502. The Kier molecular flexibility index (Phi) is 5.69. The molecule has 4 rings (SSSR count). The highest BCUT2D eigenvalue weighted by Crippen LogP contribution is 2.31. The highest BCUT2D eigenvalue weighted by Gasteiger charge is 2.34. The summed E-state index contributed by atoms with van der Waals surface area (Å²) in [5.74, 6) is -2.09. The topological polar surface area (TPSA) is 66.9 Å². The monoisotopic (exact) mass is 456 g/mol. The van der Waals surface area contributed by atoms with Crippen LogP contribution in [0.5, 0.6) is 5.75 Å². The number of hydrogen-bond acceptors (Lipinski definition) is 4. The molecule has 0 spiro atoms.